The summed E-state index contributed by atoms with van der Waals surface area (Å²) in [5, 5.41) is 0. The van der Waals surface area contributed by atoms with Crippen molar-refractivity contribution in [2.45, 2.75) is 30.8 Å². The molecule has 16 heavy (non-hydrogen) atoms. The van der Waals surface area contributed by atoms with Crippen LogP contribution >= 0.6 is 0 Å². The molecule has 5 heteroatoms. The average Bonchev–Trinajstić information content (AvgIpc) is 2.68. The zero-order chi connectivity index (χ0) is 12.2. The van der Waals surface area contributed by atoms with Crippen molar-refractivity contribution in [3.8, 4) is 0 Å². The van der Waals surface area contributed by atoms with Crippen molar-refractivity contribution in [2.75, 3.05) is 21.3 Å². The molecule has 3 atom stereocenters. The van der Waals surface area contributed by atoms with Crippen LogP contribution in [0.15, 0.2) is 12.7 Å². The van der Waals surface area contributed by atoms with E-state index in [9.17, 15) is 4.79 Å². The smallest absolute Gasteiger partial charge is 0.338 e. The lowest BCUT2D eigenvalue weighted by Gasteiger charge is -2.24. The number of hydrogen-bond acceptors (Lipinski definition) is 5. The fourth-order valence-corrected chi connectivity index (χ4v) is 1.93. The molecule has 0 aliphatic carbocycles. The van der Waals surface area contributed by atoms with Gasteiger partial charge in [0.1, 0.15) is 6.10 Å². The van der Waals surface area contributed by atoms with Crippen molar-refractivity contribution in [2.24, 2.45) is 0 Å². The third-order valence-corrected chi connectivity index (χ3v) is 2.74. The van der Waals surface area contributed by atoms with E-state index in [1.54, 1.807) is 13.2 Å². The molecule has 5 nitrogen and oxygen atoms in total. The minimum atomic E-state index is -1.03. The average molecular weight is 230 g/mol. The van der Waals surface area contributed by atoms with Gasteiger partial charge in [0.25, 0.3) is 0 Å². The van der Waals surface area contributed by atoms with Gasteiger partial charge in [-0.25, -0.2) is 4.79 Å². The van der Waals surface area contributed by atoms with E-state index in [4.69, 9.17) is 18.9 Å². The van der Waals surface area contributed by atoms with E-state index in [1.165, 1.54) is 14.2 Å². The van der Waals surface area contributed by atoms with Crippen LogP contribution in [0, 0.1) is 0 Å². The fraction of sp³-hybridized carbons (Fsp3) is 0.727. The summed E-state index contributed by atoms with van der Waals surface area (Å²) in [6.07, 6.45) is 1.58. The topological polar surface area (TPSA) is 54.0 Å². The van der Waals surface area contributed by atoms with E-state index >= 15 is 0 Å². The van der Waals surface area contributed by atoms with Crippen LogP contribution in [0.5, 0.6) is 0 Å². The Morgan fingerprint density at radius 2 is 2.19 bits per heavy atom. The first kappa shape index (κ1) is 13.2. The lowest BCUT2D eigenvalue weighted by atomic mass is 9.95. The minimum absolute atomic E-state index is 0.274. The number of carbonyl (C=O) groups excluding carboxylic acids is 1. The number of rotatable bonds is 5. The maximum absolute atomic E-state index is 11.7. The molecule has 0 N–H and O–H groups in total. The summed E-state index contributed by atoms with van der Waals surface area (Å²) in [5.74, 6) is -0.422. The number of ether oxygens (including phenoxy) is 4. The molecule has 0 saturated carbocycles. The molecule has 1 aliphatic rings. The lowest BCUT2D eigenvalue weighted by molar-refractivity contribution is -0.198. The first-order valence-corrected chi connectivity index (χ1v) is 5.06. The maximum Gasteiger partial charge on any atom is 0.338 e. The number of carbonyl (C=O) groups is 1. The van der Waals surface area contributed by atoms with Crippen LogP contribution in [0.3, 0.4) is 0 Å². The second-order valence-corrected chi connectivity index (χ2v) is 3.68. The van der Waals surface area contributed by atoms with Crippen molar-refractivity contribution in [1.29, 1.82) is 0 Å². The molecule has 92 valence electrons. The van der Waals surface area contributed by atoms with Crippen LogP contribution in [-0.4, -0.2) is 45.3 Å². The van der Waals surface area contributed by atoms with Gasteiger partial charge in [0.15, 0.2) is 11.9 Å². The Hall–Kier alpha value is -0.910. The van der Waals surface area contributed by atoms with Crippen LogP contribution in [0.4, 0.5) is 0 Å². The highest BCUT2D eigenvalue weighted by molar-refractivity contribution is 5.80. The summed E-state index contributed by atoms with van der Waals surface area (Å²) in [7, 11) is 4.40. The SMILES string of the molecule is C=CC[C@]1(C(=O)OC)C[C@H](OC)[C@@H](OC)O1. The Balaban J connectivity index is 2.88. The molecule has 0 bridgehead atoms. The number of esters is 1. The van der Waals surface area contributed by atoms with E-state index in [0.29, 0.717) is 12.8 Å². The normalized spacial score (nSPS) is 33.7. The second kappa shape index (κ2) is 5.43. The first-order valence-electron chi connectivity index (χ1n) is 5.06. The Bertz CT molecular complexity index is 251. The molecular formula is C11H18O5. The second-order valence-electron chi connectivity index (χ2n) is 3.68. The lowest BCUT2D eigenvalue weighted by Crippen LogP contribution is -2.39. The van der Waals surface area contributed by atoms with Crippen molar-refractivity contribution in [3.63, 3.8) is 0 Å². The van der Waals surface area contributed by atoms with E-state index < -0.39 is 17.9 Å². The van der Waals surface area contributed by atoms with Gasteiger partial charge in [0.2, 0.25) is 0 Å². The minimum Gasteiger partial charge on any atom is -0.467 e. The molecule has 1 fully saturated rings. The van der Waals surface area contributed by atoms with Gasteiger partial charge in [-0.05, 0) is 0 Å². The van der Waals surface area contributed by atoms with Gasteiger partial charge >= 0.3 is 5.97 Å². The van der Waals surface area contributed by atoms with E-state index in [0.717, 1.165) is 0 Å². The maximum atomic E-state index is 11.7. The molecule has 0 aromatic rings. The van der Waals surface area contributed by atoms with Gasteiger partial charge in [-0.3, -0.25) is 0 Å². The van der Waals surface area contributed by atoms with E-state index in [2.05, 4.69) is 6.58 Å². The summed E-state index contributed by atoms with van der Waals surface area (Å²) in [4.78, 5) is 11.7. The van der Waals surface area contributed by atoms with Crippen molar-refractivity contribution in [3.05, 3.63) is 12.7 Å². The highest BCUT2D eigenvalue weighted by Crippen LogP contribution is 2.36. The predicted octanol–water partition coefficient (Wildman–Crippen LogP) is 0.882. The quantitative estimate of drug-likeness (QED) is 0.518. The summed E-state index contributed by atoms with van der Waals surface area (Å²) < 4.78 is 20.7. The van der Waals surface area contributed by atoms with Gasteiger partial charge in [-0.2, -0.15) is 0 Å². The molecule has 0 unspecified atom stereocenters. The largest absolute Gasteiger partial charge is 0.467 e. The molecular weight excluding hydrogens is 212 g/mol. The fourth-order valence-electron chi connectivity index (χ4n) is 1.93. The summed E-state index contributed by atoms with van der Waals surface area (Å²) >= 11 is 0. The summed E-state index contributed by atoms with van der Waals surface area (Å²) in [6.45, 7) is 3.62. The van der Waals surface area contributed by atoms with E-state index in [-0.39, 0.29) is 6.10 Å². The Labute approximate surface area is 95.3 Å². The zero-order valence-corrected chi connectivity index (χ0v) is 9.89. The Morgan fingerprint density at radius 3 is 2.56 bits per heavy atom. The third kappa shape index (κ3) is 2.26. The number of methoxy groups -OCH3 is 3. The highest BCUT2D eigenvalue weighted by Gasteiger charge is 2.52. The molecule has 1 saturated heterocycles. The highest BCUT2D eigenvalue weighted by atomic mass is 16.7. The molecule has 1 aliphatic heterocycles. The standard InChI is InChI=1S/C11H18O5/c1-5-6-11(10(12)15-4)7-8(13-2)9(14-3)16-11/h5,8-9H,1,6-7H2,2-4H3/t8-,9-,11+/m0/s1. The van der Waals surface area contributed by atoms with Gasteiger partial charge in [-0.15, -0.1) is 6.58 Å². The molecule has 1 rings (SSSR count). The van der Waals surface area contributed by atoms with Crippen molar-refractivity contribution in [1.82, 2.24) is 0 Å². The van der Waals surface area contributed by atoms with Gasteiger partial charge in [0.05, 0.1) is 7.11 Å². The van der Waals surface area contributed by atoms with Crippen molar-refractivity contribution < 1.29 is 23.7 Å². The Kier molecular flexibility index (Phi) is 4.46. The third-order valence-electron chi connectivity index (χ3n) is 2.74. The molecule has 1 heterocycles. The Morgan fingerprint density at radius 1 is 1.50 bits per heavy atom. The summed E-state index contributed by atoms with van der Waals surface area (Å²) in [6, 6.07) is 0. The van der Waals surface area contributed by atoms with Crippen LogP contribution < -0.4 is 0 Å². The van der Waals surface area contributed by atoms with Crippen LogP contribution in [-0.2, 0) is 23.7 Å². The van der Waals surface area contributed by atoms with Crippen LogP contribution in [0.25, 0.3) is 0 Å². The summed E-state index contributed by atoms with van der Waals surface area (Å²) in [5.41, 5.74) is -1.03. The molecule has 0 amide bonds. The molecule has 0 radical (unpaired) electrons. The van der Waals surface area contributed by atoms with Gasteiger partial charge in [-0.1, -0.05) is 6.08 Å². The van der Waals surface area contributed by atoms with Crippen LogP contribution in [0.1, 0.15) is 12.8 Å². The number of hydrogen-bond donors (Lipinski definition) is 0. The molecule has 0 aromatic heterocycles. The molecule has 0 spiro atoms. The van der Waals surface area contributed by atoms with Gasteiger partial charge < -0.3 is 18.9 Å². The van der Waals surface area contributed by atoms with Crippen LogP contribution in [0.2, 0.25) is 0 Å². The predicted molar refractivity (Wildman–Crippen MR) is 56.9 cm³/mol. The van der Waals surface area contributed by atoms with Crippen molar-refractivity contribution >= 4 is 5.97 Å². The monoisotopic (exact) mass is 230 g/mol. The molecule has 0 aromatic carbocycles. The first-order chi connectivity index (χ1) is 7.63. The van der Waals surface area contributed by atoms with Gasteiger partial charge in [0, 0.05) is 27.1 Å². The van der Waals surface area contributed by atoms with E-state index in [1.807, 2.05) is 0 Å². The zero-order valence-electron chi connectivity index (χ0n) is 9.89.